The van der Waals surface area contributed by atoms with Crippen molar-refractivity contribution in [3.63, 3.8) is 0 Å². The van der Waals surface area contributed by atoms with E-state index in [4.69, 9.17) is 37.9 Å². The van der Waals surface area contributed by atoms with Crippen molar-refractivity contribution in [2.45, 2.75) is 63.4 Å². The van der Waals surface area contributed by atoms with Crippen molar-refractivity contribution in [1.82, 2.24) is 0 Å². The number of rotatable bonds is 21. The predicted octanol–water partition coefficient (Wildman–Crippen LogP) is 7.18. The monoisotopic (exact) mass is 748 g/mol. The summed E-state index contributed by atoms with van der Waals surface area (Å²) in [7, 11) is 4.52. The molecule has 2 aromatic rings. The Labute approximate surface area is 319 Å². The molecule has 2 aliphatic rings. The normalized spacial score (nSPS) is 19.7. The van der Waals surface area contributed by atoms with Crippen LogP contribution in [0.3, 0.4) is 0 Å². The number of carbonyl (C=O) groups excluding carboxylic acids is 3. The highest BCUT2D eigenvalue weighted by Gasteiger charge is 2.33. The van der Waals surface area contributed by atoms with Crippen molar-refractivity contribution < 1.29 is 52.3 Å². The van der Waals surface area contributed by atoms with Crippen LogP contribution >= 0.6 is 0 Å². The summed E-state index contributed by atoms with van der Waals surface area (Å²) >= 11 is 0. The van der Waals surface area contributed by atoms with Gasteiger partial charge < -0.3 is 37.9 Å². The smallest absolute Gasteiger partial charge is 0.341 e. The lowest BCUT2D eigenvalue weighted by Gasteiger charge is -2.38. The number of benzene rings is 2. The van der Waals surface area contributed by atoms with E-state index in [2.05, 4.69) is 31.9 Å². The lowest BCUT2D eigenvalue weighted by atomic mass is 9.69. The molecule has 0 spiro atoms. The van der Waals surface area contributed by atoms with Crippen molar-refractivity contribution in [1.29, 1.82) is 0 Å². The molecule has 0 heterocycles. The number of carbonyl (C=O) groups is 3. The molecule has 294 valence electrons. The maximum atomic E-state index is 13.0. The molecule has 0 atom stereocenters. The Morgan fingerprint density at radius 1 is 0.593 bits per heavy atom. The van der Waals surface area contributed by atoms with E-state index in [0.717, 1.165) is 68.1 Å². The van der Waals surface area contributed by atoms with Crippen LogP contribution in [0.5, 0.6) is 11.5 Å². The second-order valence-electron chi connectivity index (χ2n) is 13.9. The van der Waals surface area contributed by atoms with Gasteiger partial charge in [0.05, 0.1) is 49.3 Å². The molecule has 0 unspecified atom stereocenters. The molecule has 11 nitrogen and oxygen atoms in total. The van der Waals surface area contributed by atoms with Crippen molar-refractivity contribution in [2.75, 3.05) is 67.6 Å². The molecule has 2 fully saturated rings. The number of hydrogen-bond donors (Lipinski definition) is 0. The van der Waals surface area contributed by atoms with Crippen LogP contribution in [-0.4, -0.2) is 91.6 Å². The van der Waals surface area contributed by atoms with Gasteiger partial charge in [0, 0.05) is 21.3 Å². The van der Waals surface area contributed by atoms with E-state index < -0.39 is 17.9 Å². The lowest BCUT2D eigenvalue weighted by molar-refractivity contribution is -0.142. The summed E-state index contributed by atoms with van der Waals surface area (Å²) in [5.41, 5.74) is 3.66. The zero-order valence-corrected chi connectivity index (χ0v) is 32.1. The van der Waals surface area contributed by atoms with Gasteiger partial charge in [-0.25, -0.2) is 14.4 Å². The summed E-state index contributed by atoms with van der Waals surface area (Å²) in [5.74, 6) is 1.30. The highest BCUT2D eigenvalue weighted by atomic mass is 16.6. The Morgan fingerprint density at radius 3 is 1.65 bits per heavy atom. The van der Waals surface area contributed by atoms with Gasteiger partial charge in [-0.05, 0) is 104 Å². The fourth-order valence-corrected chi connectivity index (χ4v) is 7.23. The molecule has 54 heavy (non-hydrogen) atoms. The van der Waals surface area contributed by atoms with Gasteiger partial charge in [-0.3, -0.25) is 0 Å². The number of ether oxygens (including phenoxy) is 8. The predicted molar refractivity (Wildman–Crippen MR) is 204 cm³/mol. The molecular formula is C43H56O11. The molecule has 0 aliphatic heterocycles. The molecule has 4 rings (SSSR count). The van der Waals surface area contributed by atoms with Gasteiger partial charge in [-0.1, -0.05) is 44.0 Å². The first-order chi connectivity index (χ1) is 26.1. The zero-order valence-electron chi connectivity index (χ0n) is 32.1. The first kappa shape index (κ1) is 42.5. The van der Waals surface area contributed by atoms with Gasteiger partial charge >= 0.3 is 17.9 Å². The van der Waals surface area contributed by atoms with Crippen molar-refractivity contribution in [3.05, 3.63) is 84.5 Å². The summed E-state index contributed by atoms with van der Waals surface area (Å²) in [6.45, 7) is 12.4. The Kier molecular flexibility index (Phi) is 17.4. The summed E-state index contributed by atoms with van der Waals surface area (Å²) in [6, 6.07) is 13.7. The average molecular weight is 749 g/mol. The van der Waals surface area contributed by atoms with E-state index in [1.807, 2.05) is 30.3 Å². The fraction of sp³-hybridized carbons (Fsp3) is 0.512. The van der Waals surface area contributed by atoms with E-state index in [0.29, 0.717) is 35.5 Å². The average Bonchev–Trinajstić information content (AvgIpc) is 3.18. The van der Waals surface area contributed by atoms with Crippen molar-refractivity contribution in [3.8, 4) is 22.6 Å². The van der Waals surface area contributed by atoms with E-state index in [1.54, 1.807) is 0 Å². The van der Waals surface area contributed by atoms with Gasteiger partial charge in [0.15, 0.2) is 0 Å². The maximum absolute atomic E-state index is 13.0. The van der Waals surface area contributed by atoms with Crippen molar-refractivity contribution >= 4 is 17.9 Å². The van der Waals surface area contributed by atoms with Gasteiger partial charge in [0.25, 0.3) is 0 Å². The van der Waals surface area contributed by atoms with Crippen LogP contribution in [0, 0.1) is 11.8 Å². The third-order valence-corrected chi connectivity index (χ3v) is 10.1. The van der Waals surface area contributed by atoms with Gasteiger partial charge in [-0.2, -0.15) is 0 Å². The minimum Gasteiger partial charge on any atom is -0.490 e. The lowest BCUT2D eigenvalue weighted by Crippen LogP contribution is -2.29. The number of hydrogen-bond acceptors (Lipinski definition) is 11. The molecule has 0 radical (unpaired) electrons. The van der Waals surface area contributed by atoms with Gasteiger partial charge in [-0.15, -0.1) is 0 Å². The highest BCUT2D eigenvalue weighted by molar-refractivity contribution is 5.90. The Hall–Kier alpha value is -4.29. The molecular weight excluding hydrogens is 692 g/mol. The second kappa shape index (κ2) is 22.2. The molecule has 11 heteroatoms. The third kappa shape index (κ3) is 12.9. The molecule has 0 N–H and O–H groups in total. The Morgan fingerprint density at radius 2 is 1.09 bits per heavy atom. The largest absolute Gasteiger partial charge is 0.490 e. The maximum Gasteiger partial charge on any atom is 0.341 e. The van der Waals surface area contributed by atoms with Crippen molar-refractivity contribution in [2.24, 2.45) is 11.8 Å². The van der Waals surface area contributed by atoms with Gasteiger partial charge in [0.2, 0.25) is 0 Å². The summed E-state index contributed by atoms with van der Waals surface area (Å²) in [5, 5.41) is 0. The Balaban J connectivity index is 1.30. The second-order valence-corrected chi connectivity index (χ2v) is 13.9. The standard InChI is InChI=1S/C43H56O11/c1-29(26-47-4)41(44)52-23-21-50-37-16-11-33(12-17-37)32-7-9-35(10-8-32)39-20-15-36(25-40(39)54-43(46)31(3)28-49-6)34-13-18-38(19-14-34)51-22-24-53-42(45)30(2)27-48-5/h13-15,18-20,25,32-33,35,37H,1-3,7-12,16-17,21-24,26-28H2,4-6H3. The Bertz CT molecular complexity index is 1560. The SMILES string of the molecule is C=C(COC)C(=O)OCCOc1ccc(-c2ccc(C3CCC(C4CCC(OCCOC(=O)C(=C)COC)CC4)CC3)c(OC(=O)C(=C)COC)c2)cc1. The summed E-state index contributed by atoms with van der Waals surface area (Å²) in [4.78, 5) is 36.8. The van der Waals surface area contributed by atoms with Crippen LogP contribution < -0.4 is 9.47 Å². The highest BCUT2D eigenvalue weighted by Crippen LogP contribution is 2.46. The quantitative estimate of drug-likeness (QED) is 0.0558. The molecule has 2 saturated carbocycles. The summed E-state index contributed by atoms with van der Waals surface area (Å²) < 4.78 is 43.1. The molecule has 0 saturated heterocycles. The van der Waals surface area contributed by atoms with Crippen LogP contribution in [0.4, 0.5) is 0 Å². The van der Waals surface area contributed by atoms with E-state index in [9.17, 15) is 14.4 Å². The van der Waals surface area contributed by atoms with Crippen LogP contribution in [-0.2, 0) is 42.8 Å². The topological polar surface area (TPSA) is 125 Å². The first-order valence-electron chi connectivity index (χ1n) is 18.7. The molecule has 2 aromatic carbocycles. The minimum atomic E-state index is -0.514. The molecule has 0 aromatic heterocycles. The van der Waals surface area contributed by atoms with E-state index in [-0.39, 0.29) is 62.8 Å². The van der Waals surface area contributed by atoms with Crippen LogP contribution in [0.15, 0.2) is 78.9 Å². The van der Waals surface area contributed by atoms with Crippen LogP contribution in [0.2, 0.25) is 0 Å². The third-order valence-electron chi connectivity index (χ3n) is 10.1. The molecule has 2 aliphatic carbocycles. The number of methoxy groups -OCH3 is 3. The molecule has 0 amide bonds. The van der Waals surface area contributed by atoms with E-state index in [1.165, 1.54) is 21.3 Å². The van der Waals surface area contributed by atoms with Crippen LogP contribution in [0.25, 0.3) is 11.1 Å². The molecule has 0 bridgehead atoms. The zero-order chi connectivity index (χ0) is 38.9. The summed E-state index contributed by atoms with van der Waals surface area (Å²) in [6.07, 6.45) is 8.75. The first-order valence-corrected chi connectivity index (χ1v) is 18.7. The fourth-order valence-electron chi connectivity index (χ4n) is 7.23. The minimum absolute atomic E-state index is 0.0843. The van der Waals surface area contributed by atoms with E-state index >= 15 is 0 Å². The van der Waals surface area contributed by atoms with Gasteiger partial charge in [0.1, 0.15) is 31.3 Å². The van der Waals surface area contributed by atoms with Crippen LogP contribution in [0.1, 0.15) is 62.8 Å². The number of esters is 3.